The number of hydrogen-bond acceptors (Lipinski definition) is 4. The number of rotatable bonds is 1. The van der Waals surface area contributed by atoms with E-state index in [2.05, 4.69) is 10.7 Å². The summed E-state index contributed by atoms with van der Waals surface area (Å²) in [5.41, 5.74) is 3.44. The van der Waals surface area contributed by atoms with Gasteiger partial charge in [0.1, 0.15) is 18.0 Å². The predicted octanol–water partition coefficient (Wildman–Crippen LogP) is -1.61. The van der Waals surface area contributed by atoms with Crippen molar-refractivity contribution in [3.05, 3.63) is 11.8 Å². The molecule has 0 bridgehead atoms. The Bertz CT molecular complexity index is 261. The van der Waals surface area contributed by atoms with Crippen LogP contribution in [0.15, 0.2) is 11.8 Å². The van der Waals surface area contributed by atoms with E-state index in [0.29, 0.717) is 18.8 Å². The minimum atomic E-state index is -0.344. The lowest BCUT2D eigenvalue weighted by atomic mass is 10.2. The molecule has 0 saturated carbocycles. The zero-order valence-corrected chi connectivity index (χ0v) is 6.41. The van der Waals surface area contributed by atoms with E-state index in [1.54, 1.807) is 11.1 Å². The number of hydrogen-bond donors (Lipinski definition) is 2. The first-order valence-electron chi connectivity index (χ1n) is 3.80. The van der Waals surface area contributed by atoms with E-state index in [1.165, 1.54) is 0 Å². The Morgan fingerprint density at radius 2 is 2.50 bits per heavy atom. The van der Waals surface area contributed by atoms with Crippen LogP contribution in [0.3, 0.4) is 0 Å². The number of carbonyl (C=O) groups is 2. The van der Waals surface area contributed by atoms with Gasteiger partial charge >= 0.3 is 0 Å². The van der Waals surface area contributed by atoms with Gasteiger partial charge in [-0.05, 0) is 6.08 Å². The molecule has 1 atom stereocenters. The van der Waals surface area contributed by atoms with Crippen LogP contribution in [-0.2, 0) is 9.59 Å². The molecule has 0 aromatic rings. The van der Waals surface area contributed by atoms with Crippen molar-refractivity contribution < 1.29 is 9.59 Å². The van der Waals surface area contributed by atoms with E-state index in [4.69, 9.17) is 0 Å². The van der Waals surface area contributed by atoms with Crippen molar-refractivity contribution in [1.82, 2.24) is 15.8 Å². The minimum absolute atomic E-state index is 0.113. The highest BCUT2D eigenvalue weighted by molar-refractivity contribution is 5.94. The van der Waals surface area contributed by atoms with Gasteiger partial charge in [-0.25, -0.2) is 5.43 Å². The second-order valence-corrected chi connectivity index (χ2v) is 2.75. The lowest BCUT2D eigenvalue weighted by Crippen LogP contribution is -2.49. The van der Waals surface area contributed by atoms with Crippen LogP contribution in [0, 0.1) is 0 Å². The molecule has 2 aliphatic heterocycles. The lowest BCUT2D eigenvalue weighted by Gasteiger charge is -2.26. The summed E-state index contributed by atoms with van der Waals surface area (Å²) >= 11 is 0. The number of aldehydes is 1. The fourth-order valence-electron chi connectivity index (χ4n) is 1.37. The summed E-state index contributed by atoms with van der Waals surface area (Å²) in [6.07, 6.45) is 2.40. The van der Waals surface area contributed by atoms with Gasteiger partial charge in [-0.15, -0.1) is 0 Å². The molecule has 64 valence electrons. The van der Waals surface area contributed by atoms with Gasteiger partial charge < -0.3 is 15.1 Å². The molecule has 0 spiro atoms. The van der Waals surface area contributed by atoms with Crippen LogP contribution >= 0.6 is 0 Å². The SMILES string of the molecule is O=CC1C=C2C(=O)NCCN2N1. The monoisotopic (exact) mass is 167 g/mol. The van der Waals surface area contributed by atoms with Crippen LogP contribution in [0.1, 0.15) is 0 Å². The zero-order chi connectivity index (χ0) is 8.55. The molecule has 0 aromatic heterocycles. The maximum Gasteiger partial charge on any atom is 0.268 e. The van der Waals surface area contributed by atoms with Crippen molar-refractivity contribution in [2.24, 2.45) is 0 Å². The number of fused-ring (bicyclic) bond motifs is 1. The molecule has 5 nitrogen and oxygen atoms in total. The summed E-state index contributed by atoms with van der Waals surface area (Å²) in [4.78, 5) is 21.6. The quantitative estimate of drug-likeness (QED) is 0.461. The van der Waals surface area contributed by atoms with Gasteiger partial charge in [-0.2, -0.15) is 0 Å². The Balaban J connectivity index is 2.21. The van der Waals surface area contributed by atoms with Crippen LogP contribution < -0.4 is 10.7 Å². The third-order valence-electron chi connectivity index (χ3n) is 1.93. The number of nitrogens with one attached hydrogen (secondary N) is 2. The van der Waals surface area contributed by atoms with E-state index in [0.717, 1.165) is 6.29 Å². The summed E-state index contributed by atoms with van der Waals surface area (Å²) in [6.45, 7) is 1.33. The van der Waals surface area contributed by atoms with Gasteiger partial charge in [-0.3, -0.25) is 4.79 Å². The molecule has 2 N–H and O–H groups in total. The van der Waals surface area contributed by atoms with Crippen LogP contribution in [0.25, 0.3) is 0 Å². The fourth-order valence-corrected chi connectivity index (χ4v) is 1.37. The Kier molecular flexibility index (Phi) is 1.58. The van der Waals surface area contributed by atoms with Crippen LogP contribution in [0.2, 0.25) is 0 Å². The van der Waals surface area contributed by atoms with Gasteiger partial charge in [0.2, 0.25) is 0 Å². The Labute approximate surface area is 69.4 Å². The van der Waals surface area contributed by atoms with Crippen LogP contribution in [0.4, 0.5) is 0 Å². The van der Waals surface area contributed by atoms with Crippen molar-refractivity contribution in [2.75, 3.05) is 13.1 Å². The molecule has 1 unspecified atom stereocenters. The highest BCUT2D eigenvalue weighted by atomic mass is 16.2. The van der Waals surface area contributed by atoms with Gasteiger partial charge in [0, 0.05) is 6.54 Å². The van der Waals surface area contributed by atoms with Gasteiger partial charge in [0.15, 0.2) is 0 Å². The third kappa shape index (κ3) is 0.984. The highest BCUT2D eigenvalue weighted by Crippen LogP contribution is 2.12. The minimum Gasteiger partial charge on any atom is -0.349 e. The fraction of sp³-hybridized carbons (Fsp3) is 0.429. The summed E-state index contributed by atoms with van der Waals surface area (Å²) in [5.74, 6) is -0.113. The molecular formula is C7H9N3O2. The Morgan fingerprint density at radius 1 is 1.67 bits per heavy atom. The molecule has 2 rings (SSSR count). The molecule has 2 heterocycles. The summed E-state index contributed by atoms with van der Waals surface area (Å²) < 4.78 is 0. The number of nitrogens with zero attached hydrogens (tertiary/aromatic N) is 1. The first kappa shape index (κ1) is 7.30. The molecule has 5 heteroatoms. The van der Waals surface area contributed by atoms with Crippen molar-refractivity contribution >= 4 is 12.2 Å². The van der Waals surface area contributed by atoms with E-state index in [-0.39, 0.29) is 11.9 Å². The molecule has 2 aliphatic rings. The number of piperazine rings is 1. The van der Waals surface area contributed by atoms with Crippen molar-refractivity contribution in [1.29, 1.82) is 0 Å². The first-order valence-corrected chi connectivity index (χ1v) is 3.80. The second-order valence-electron chi connectivity index (χ2n) is 2.75. The molecule has 0 aliphatic carbocycles. The number of hydrazine groups is 1. The topological polar surface area (TPSA) is 61.4 Å². The summed E-state index contributed by atoms with van der Waals surface area (Å²) in [7, 11) is 0. The third-order valence-corrected chi connectivity index (χ3v) is 1.93. The molecule has 1 amide bonds. The predicted molar refractivity (Wildman–Crippen MR) is 40.8 cm³/mol. The van der Waals surface area contributed by atoms with E-state index in [9.17, 15) is 9.59 Å². The molecule has 0 aromatic carbocycles. The highest BCUT2D eigenvalue weighted by Gasteiger charge is 2.29. The normalized spacial score (nSPS) is 27.7. The van der Waals surface area contributed by atoms with Crippen LogP contribution in [-0.4, -0.2) is 36.3 Å². The Morgan fingerprint density at radius 3 is 3.17 bits per heavy atom. The standard InChI is InChI=1S/C7H9N3O2/c11-4-5-3-6-7(12)8-1-2-10(6)9-5/h3-5,9H,1-2H2,(H,8,12). The van der Waals surface area contributed by atoms with E-state index >= 15 is 0 Å². The first-order chi connectivity index (χ1) is 5.81. The van der Waals surface area contributed by atoms with E-state index in [1.807, 2.05) is 0 Å². The molecule has 0 radical (unpaired) electrons. The molecule has 1 saturated heterocycles. The molecular weight excluding hydrogens is 158 g/mol. The van der Waals surface area contributed by atoms with Crippen molar-refractivity contribution in [2.45, 2.75) is 6.04 Å². The number of amides is 1. The molecule has 1 fully saturated rings. The van der Waals surface area contributed by atoms with Gasteiger partial charge in [0.05, 0.1) is 6.54 Å². The smallest absolute Gasteiger partial charge is 0.268 e. The maximum atomic E-state index is 11.2. The summed E-state index contributed by atoms with van der Waals surface area (Å²) in [5, 5.41) is 4.40. The number of carbonyl (C=O) groups excluding carboxylic acids is 2. The average molecular weight is 167 g/mol. The Hall–Kier alpha value is -1.36. The zero-order valence-electron chi connectivity index (χ0n) is 6.41. The lowest BCUT2D eigenvalue weighted by molar-refractivity contribution is -0.121. The summed E-state index contributed by atoms with van der Waals surface area (Å²) in [6, 6.07) is -0.344. The molecule has 12 heavy (non-hydrogen) atoms. The average Bonchev–Trinajstić information content (AvgIpc) is 2.49. The second kappa shape index (κ2) is 2.60. The van der Waals surface area contributed by atoms with Crippen molar-refractivity contribution in [3.63, 3.8) is 0 Å². The van der Waals surface area contributed by atoms with E-state index < -0.39 is 0 Å². The van der Waals surface area contributed by atoms with Crippen molar-refractivity contribution in [3.8, 4) is 0 Å². The van der Waals surface area contributed by atoms with Gasteiger partial charge in [0.25, 0.3) is 5.91 Å². The van der Waals surface area contributed by atoms with Crippen LogP contribution in [0.5, 0.6) is 0 Å². The maximum absolute atomic E-state index is 11.2. The largest absolute Gasteiger partial charge is 0.349 e. The van der Waals surface area contributed by atoms with Gasteiger partial charge in [-0.1, -0.05) is 0 Å².